The van der Waals surface area contributed by atoms with Crippen LogP contribution in [0.5, 0.6) is 0 Å². The Morgan fingerprint density at radius 3 is 2.38 bits per heavy atom. The van der Waals surface area contributed by atoms with E-state index in [-0.39, 0.29) is 19.6 Å². The van der Waals surface area contributed by atoms with Crippen molar-refractivity contribution in [3.05, 3.63) is 35.9 Å². The number of ether oxygens (including phenoxy) is 2. The molecule has 0 radical (unpaired) electrons. The smallest absolute Gasteiger partial charge is 0.408 e. The average molecular weight is 368 g/mol. The van der Waals surface area contributed by atoms with Crippen molar-refractivity contribution in [1.82, 2.24) is 10.6 Å². The summed E-state index contributed by atoms with van der Waals surface area (Å²) in [7, 11) is 0. The third kappa shape index (κ3) is 9.25. The highest BCUT2D eigenvalue weighted by Crippen LogP contribution is 2.10. The molecule has 1 aromatic rings. The van der Waals surface area contributed by atoms with Crippen molar-refractivity contribution in [2.24, 2.45) is 0 Å². The van der Waals surface area contributed by atoms with Crippen molar-refractivity contribution in [2.45, 2.75) is 65.0 Å². The molecule has 0 bridgehead atoms. The SMILES string of the molecule is CCC[C@H](F)[C@H](CNC(=O)OCc1ccccc1)NC(=O)OC(C)(C)C. The highest BCUT2D eigenvalue weighted by molar-refractivity contribution is 5.69. The van der Waals surface area contributed by atoms with E-state index in [2.05, 4.69) is 10.6 Å². The minimum Gasteiger partial charge on any atom is -0.445 e. The van der Waals surface area contributed by atoms with Crippen LogP contribution in [0.4, 0.5) is 14.0 Å². The van der Waals surface area contributed by atoms with Gasteiger partial charge in [-0.2, -0.15) is 0 Å². The second-order valence-corrected chi connectivity index (χ2v) is 7.00. The Bertz CT molecular complexity index is 560. The van der Waals surface area contributed by atoms with Crippen LogP contribution in [0.25, 0.3) is 0 Å². The van der Waals surface area contributed by atoms with E-state index in [9.17, 15) is 14.0 Å². The lowest BCUT2D eigenvalue weighted by molar-refractivity contribution is 0.0467. The Morgan fingerprint density at radius 1 is 1.15 bits per heavy atom. The minimum atomic E-state index is -1.30. The fourth-order valence-electron chi connectivity index (χ4n) is 2.17. The summed E-state index contributed by atoms with van der Waals surface area (Å²) in [4.78, 5) is 23.7. The molecule has 1 aromatic carbocycles. The molecule has 0 unspecified atom stereocenters. The molecule has 2 amide bonds. The summed E-state index contributed by atoms with van der Waals surface area (Å²) in [5, 5.41) is 4.97. The zero-order valence-corrected chi connectivity index (χ0v) is 15.9. The predicted octanol–water partition coefficient (Wildman–Crippen LogP) is 3.94. The fraction of sp³-hybridized carbons (Fsp3) is 0.579. The first-order valence-electron chi connectivity index (χ1n) is 8.79. The van der Waals surface area contributed by atoms with Gasteiger partial charge < -0.3 is 20.1 Å². The van der Waals surface area contributed by atoms with Crippen LogP contribution in [-0.4, -0.2) is 36.5 Å². The zero-order valence-electron chi connectivity index (χ0n) is 15.9. The molecule has 0 spiro atoms. The summed E-state index contributed by atoms with van der Waals surface area (Å²) in [6.07, 6.45) is -1.82. The van der Waals surface area contributed by atoms with Crippen LogP contribution in [0.15, 0.2) is 30.3 Å². The Labute approximate surface area is 154 Å². The topological polar surface area (TPSA) is 76.7 Å². The van der Waals surface area contributed by atoms with Crippen LogP contribution in [0, 0.1) is 0 Å². The molecule has 0 aromatic heterocycles. The van der Waals surface area contributed by atoms with E-state index in [0.29, 0.717) is 6.42 Å². The number of rotatable bonds is 8. The molecule has 146 valence electrons. The molecule has 7 heteroatoms. The van der Waals surface area contributed by atoms with Gasteiger partial charge in [0.25, 0.3) is 0 Å². The Morgan fingerprint density at radius 2 is 1.81 bits per heavy atom. The fourth-order valence-corrected chi connectivity index (χ4v) is 2.17. The molecule has 0 aliphatic heterocycles. The Kier molecular flexibility index (Phi) is 8.88. The number of halogens is 1. The van der Waals surface area contributed by atoms with Crippen molar-refractivity contribution in [3.8, 4) is 0 Å². The van der Waals surface area contributed by atoms with E-state index in [1.165, 1.54) is 0 Å². The maximum atomic E-state index is 14.3. The average Bonchev–Trinajstić information content (AvgIpc) is 2.56. The zero-order chi connectivity index (χ0) is 19.6. The molecule has 0 aliphatic carbocycles. The van der Waals surface area contributed by atoms with Gasteiger partial charge in [0.2, 0.25) is 0 Å². The second kappa shape index (κ2) is 10.6. The van der Waals surface area contributed by atoms with Gasteiger partial charge in [0.15, 0.2) is 0 Å². The lowest BCUT2D eigenvalue weighted by atomic mass is 10.1. The van der Waals surface area contributed by atoms with E-state index < -0.39 is 30.0 Å². The third-order valence-corrected chi connectivity index (χ3v) is 3.38. The van der Waals surface area contributed by atoms with Gasteiger partial charge in [-0.25, -0.2) is 14.0 Å². The van der Waals surface area contributed by atoms with Crippen LogP contribution in [-0.2, 0) is 16.1 Å². The highest BCUT2D eigenvalue weighted by atomic mass is 19.1. The number of benzene rings is 1. The number of hydrogen-bond acceptors (Lipinski definition) is 4. The Balaban J connectivity index is 2.51. The van der Waals surface area contributed by atoms with Gasteiger partial charge in [-0.3, -0.25) is 0 Å². The number of alkyl halides is 1. The predicted molar refractivity (Wildman–Crippen MR) is 97.6 cm³/mol. The minimum absolute atomic E-state index is 0.0893. The van der Waals surface area contributed by atoms with E-state index in [1.54, 1.807) is 20.8 Å². The van der Waals surface area contributed by atoms with Crippen molar-refractivity contribution >= 4 is 12.2 Å². The first-order chi connectivity index (χ1) is 12.2. The maximum absolute atomic E-state index is 14.3. The summed E-state index contributed by atoms with van der Waals surface area (Å²) in [6.45, 7) is 7.04. The summed E-state index contributed by atoms with van der Waals surface area (Å²) in [6, 6.07) is 8.32. The monoisotopic (exact) mass is 368 g/mol. The molecule has 0 heterocycles. The molecule has 2 atom stereocenters. The quantitative estimate of drug-likeness (QED) is 0.728. The van der Waals surface area contributed by atoms with Crippen molar-refractivity contribution < 1.29 is 23.5 Å². The molecule has 6 nitrogen and oxygen atoms in total. The standard InChI is InChI=1S/C19H29FN2O4/c1-5-9-15(20)16(22-18(24)26-19(2,3)4)12-21-17(23)25-13-14-10-7-6-8-11-14/h6-8,10-11,15-16H,5,9,12-13H2,1-4H3,(H,21,23)(H,22,24)/t15-,16-/m0/s1. The third-order valence-electron chi connectivity index (χ3n) is 3.38. The van der Waals surface area contributed by atoms with Crippen molar-refractivity contribution in [2.75, 3.05) is 6.54 Å². The number of nitrogens with one attached hydrogen (secondary N) is 2. The first-order valence-corrected chi connectivity index (χ1v) is 8.79. The van der Waals surface area contributed by atoms with Crippen LogP contribution < -0.4 is 10.6 Å². The van der Waals surface area contributed by atoms with Gasteiger partial charge >= 0.3 is 12.2 Å². The van der Waals surface area contributed by atoms with Gasteiger partial charge in [0, 0.05) is 6.54 Å². The lowest BCUT2D eigenvalue weighted by Crippen LogP contribution is -2.50. The van der Waals surface area contributed by atoms with E-state index in [4.69, 9.17) is 9.47 Å². The summed E-state index contributed by atoms with van der Waals surface area (Å²) in [5.41, 5.74) is 0.160. The number of alkyl carbamates (subject to hydrolysis) is 2. The normalized spacial score (nSPS) is 13.4. The van der Waals surface area contributed by atoms with Gasteiger partial charge in [-0.05, 0) is 32.8 Å². The number of amides is 2. The lowest BCUT2D eigenvalue weighted by Gasteiger charge is -2.25. The van der Waals surface area contributed by atoms with Gasteiger partial charge in [-0.15, -0.1) is 0 Å². The van der Waals surface area contributed by atoms with Crippen LogP contribution >= 0.6 is 0 Å². The first kappa shape index (κ1) is 21.7. The Hall–Kier alpha value is -2.31. The van der Waals surface area contributed by atoms with E-state index in [1.807, 2.05) is 37.3 Å². The summed E-state index contributed by atoms with van der Waals surface area (Å²) in [5.74, 6) is 0. The number of carbonyl (C=O) groups excluding carboxylic acids is 2. The molecule has 1 rings (SSSR count). The van der Waals surface area contributed by atoms with Gasteiger partial charge in [-0.1, -0.05) is 43.7 Å². The molecule has 26 heavy (non-hydrogen) atoms. The van der Waals surface area contributed by atoms with Crippen LogP contribution in [0.3, 0.4) is 0 Å². The van der Waals surface area contributed by atoms with Crippen LogP contribution in [0.1, 0.15) is 46.1 Å². The van der Waals surface area contributed by atoms with Crippen LogP contribution in [0.2, 0.25) is 0 Å². The largest absolute Gasteiger partial charge is 0.445 e. The second-order valence-electron chi connectivity index (χ2n) is 7.00. The number of carbonyl (C=O) groups is 2. The molecule has 0 saturated heterocycles. The summed E-state index contributed by atoms with van der Waals surface area (Å²) < 4.78 is 24.5. The maximum Gasteiger partial charge on any atom is 0.408 e. The molecule has 2 N–H and O–H groups in total. The number of hydrogen-bond donors (Lipinski definition) is 2. The van der Waals surface area contributed by atoms with Gasteiger partial charge in [0.1, 0.15) is 18.4 Å². The molecular formula is C19H29FN2O4. The van der Waals surface area contributed by atoms with E-state index >= 15 is 0 Å². The van der Waals surface area contributed by atoms with Gasteiger partial charge in [0.05, 0.1) is 6.04 Å². The van der Waals surface area contributed by atoms with E-state index in [0.717, 1.165) is 5.56 Å². The molecule has 0 fully saturated rings. The van der Waals surface area contributed by atoms with Crippen molar-refractivity contribution in [3.63, 3.8) is 0 Å². The van der Waals surface area contributed by atoms with Crippen molar-refractivity contribution in [1.29, 1.82) is 0 Å². The molecule has 0 saturated carbocycles. The summed E-state index contributed by atoms with van der Waals surface area (Å²) >= 11 is 0. The molecular weight excluding hydrogens is 339 g/mol. The highest BCUT2D eigenvalue weighted by Gasteiger charge is 2.26. The molecule has 0 aliphatic rings.